The lowest BCUT2D eigenvalue weighted by Crippen LogP contribution is -2.23. The summed E-state index contributed by atoms with van der Waals surface area (Å²) in [6.45, 7) is 4.04. The standard InChI is InChI=1S/C15H19N/c1-13(16-15-9-5-6-10-15)11-12-14-7-3-2-4-8-14/h2-4,7-8,11-12,15-16H,1,5-6,9-10H2/b12-11+. The largest absolute Gasteiger partial charge is 0.383 e. The van der Waals surface area contributed by atoms with E-state index in [-0.39, 0.29) is 0 Å². The predicted molar refractivity (Wildman–Crippen MR) is 70.0 cm³/mol. The fourth-order valence-corrected chi connectivity index (χ4v) is 2.14. The molecule has 0 aromatic heterocycles. The third-order valence-electron chi connectivity index (χ3n) is 3.02. The number of hydrogen-bond acceptors (Lipinski definition) is 1. The number of rotatable bonds is 4. The monoisotopic (exact) mass is 213 g/mol. The molecule has 0 radical (unpaired) electrons. The first kappa shape index (κ1) is 11.0. The molecule has 0 amide bonds. The molecule has 0 saturated heterocycles. The predicted octanol–water partition coefficient (Wildman–Crippen LogP) is 3.75. The van der Waals surface area contributed by atoms with Crippen molar-refractivity contribution >= 4 is 6.08 Å². The maximum Gasteiger partial charge on any atom is 0.0269 e. The highest BCUT2D eigenvalue weighted by molar-refractivity contribution is 5.51. The molecule has 1 fully saturated rings. The van der Waals surface area contributed by atoms with Crippen LogP contribution in [-0.4, -0.2) is 6.04 Å². The Balaban J connectivity index is 1.84. The van der Waals surface area contributed by atoms with Gasteiger partial charge in [0.05, 0.1) is 0 Å². The van der Waals surface area contributed by atoms with Gasteiger partial charge in [0.15, 0.2) is 0 Å². The Bertz CT molecular complexity index is 358. The van der Waals surface area contributed by atoms with Crippen LogP contribution in [0.4, 0.5) is 0 Å². The molecule has 0 atom stereocenters. The average Bonchev–Trinajstić information content (AvgIpc) is 2.81. The molecule has 1 heteroatoms. The fraction of sp³-hybridized carbons (Fsp3) is 0.333. The molecule has 1 N–H and O–H groups in total. The highest BCUT2D eigenvalue weighted by atomic mass is 14.9. The molecular formula is C15H19N. The summed E-state index contributed by atoms with van der Waals surface area (Å²) in [5.41, 5.74) is 2.24. The van der Waals surface area contributed by atoms with Gasteiger partial charge in [-0.05, 0) is 24.5 Å². The molecule has 1 aliphatic rings. The zero-order chi connectivity index (χ0) is 11.2. The first-order valence-corrected chi connectivity index (χ1v) is 6.03. The molecule has 1 aromatic carbocycles. The van der Waals surface area contributed by atoms with Gasteiger partial charge in [0, 0.05) is 11.7 Å². The summed E-state index contributed by atoms with van der Waals surface area (Å²) in [6.07, 6.45) is 9.45. The van der Waals surface area contributed by atoms with Gasteiger partial charge >= 0.3 is 0 Å². The Hall–Kier alpha value is -1.50. The third kappa shape index (κ3) is 3.27. The summed E-state index contributed by atoms with van der Waals surface area (Å²) in [7, 11) is 0. The van der Waals surface area contributed by atoms with Crippen molar-refractivity contribution in [3.63, 3.8) is 0 Å². The van der Waals surface area contributed by atoms with Crippen molar-refractivity contribution in [1.82, 2.24) is 5.32 Å². The van der Waals surface area contributed by atoms with Crippen molar-refractivity contribution in [3.8, 4) is 0 Å². The van der Waals surface area contributed by atoms with Crippen LogP contribution in [0.2, 0.25) is 0 Å². The van der Waals surface area contributed by atoms with Crippen LogP contribution in [0.1, 0.15) is 31.2 Å². The van der Waals surface area contributed by atoms with E-state index in [4.69, 9.17) is 0 Å². The summed E-state index contributed by atoms with van der Waals surface area (Å²) >= 11 is 0. The smallest absolute Gasteiger partial charge is 0.0269 e. The van der Waals surface area contributed by atoms with E-state index in [0.29, 0.717) is 6.04 Å². The summed E-state index contributed by atoms with van der Waals surface area (Å²) < 4.78 is 0. The van der Waals surface area contributed by atoms with E-state index in [0.717, 1.165) is 5.70 Å². The van der Waals surface area contributed by atoms with E-state index in [1.807, 2.05) is 18.2 Å². The Morgan fingerprint density at radius 2 is 1.88 bits per heavy atom. The van der Waals surface area contributed by atoms with Gasteiger partial charge in [-0.25, -0.2) is 0 Å². The SMILES string of the molecule is C=C(/C=C/c1ccccc1)NC1CCCC1. The maximum absolute atomic E-state index is 4.04. The molecule has 0 spiro atoms. The average molecular weight is 213 g/mol. The molecule has 0 heterocycles. The van der Waals surface area contributed by atoms with Crippen LogP contribution in [0, 0.1) is 0 Å². The lowest BCUT2D eigenvalue weighted by molar-refractivity contribution is 0.594. The normalized spacial score (nSPS) is 16.8. The van der Waals surface area contributed by atoms with Crippen LogP contribution < -0.4 is 5.32 Å². The van der Waals surface area contributed by atoms with Gasteiger partial charge in [0.2, 0.25) is 0 Å². The van der Waals surface area contributed by atoms with Crippen LogP contribution in [0.3, 0.4) is 0 Å². The summed E-state index contributed by atoms with van der Waals surface area (Å²) in [6, 6.07) is 11.0. The number of benzene rings is 1. The third-order valence-corrected chi connectivity index (χ3v) is 3.02. The minimum Gasteiger partial charge on any atom is -0.383 e. The van der Waals surface area contributed by atoms with Crippen molar-refractivity contribution < 1.29 is 0 Å². The number of nitrogens with one attached hydrogen (secondary N) is 1. The zero-order valence-corrected chi connectivity index (χ0v) is 9.65. The van der Waals surface area contributed by atoms with E-state index in [1.54, 1.807) is 0 Å². The van der Waals surface area contributed by atoms with Gasteiger partial charge in [-0.2, -0.15) is 0 Å². The molecule has 1 aromatic rings. The van der Waals surface area contributed by atoms with Gasteiger partial charge in [0.25, 0.3) is 0 Å². The summed E-state index contributed by atoms with van der Waals surface area (Å²) in [4.78, 5) is 0. The number of hydrogen-bond donors (Lipinski definition) is 1. The van der Waals surface area contributed by atoms with Crippen LogP contribution in [0.15, 0.2) is 48.7 Å². The summed E-state index contributed by atoms with van der Waals surface area (Å²) in [5.74, 6) is 0. The van der Waals surface area contributed by atoms with Crippen molar-refractivity contribution in [3.05, 3.63) is 54.2 Å². The van der Waals surface area contributed by atoms with E-state index >= 15 is 0 Å². The molecule has 2 rings (SSSR count). The van der Waals surface area contributed by atoms with E-state index < -0.39 is 0 Å². The van der Waals surface area contributed by atoms with Crippen molar-refractivity contribution in [2.24, 2.45) is 0 Å². The minimum absolute atomic E-state index is 0.646. The Kier molecular flexibility index (Phi) is 3.81. The Morgan fingerprint density at radius 3 is 2.56 bits per heavy atom. The summed E-state index contributed by atoms with van der Waals surface area (Å²) in [5, 5.41) is 3.47. The molecule has 84 valence electrons. The van der Waals surface area contributed by atoms with Crippen LogP contribution >= 0.6 is 0 Å². The van der Waals surface area contributed by atoms with Gasteiger partial charge in [-0.3, -0.25) is 0 Å². The van der Waals surface area contributed by atoms with E-state index in [9.17, 15) is 0 Å². The van der Waals surface area contributed by atoms with E-state index in [1.165, 1.54) is 31.2 Å². The molecule has 1 saturated carbocycles. The van der Waals surface area contributed by atoms with Crippen molar-refractivity contribution in [1.29, 1.82) is 0 Å². The molecule has 0 bridgehead atoms. The second-order valence-corrected chi connectivity index (χ2v) is 4.39. The first-order chi connectivity index (χ1) is 7.84. The van der Waals surface area contributed by atoms with Gasteiger partial charge < -0.3 is 5.32 Å². The van der Waals surface area contributed by atoms with Crippen LogP contribution in [-0.2, 0) is 0 Å². The number of allylic oxidation sites excluding steroid dienone is 1. The minimum atomic E-state index is 0.646. The van der Waals surface area contributed by atoms with Gasteiger partial charge in [-0.1, -0.05) is 55.8 Å². The lowest BCUT2D eigenvalue weighted by atomic mass is 10.2. The van der Waals surface area contributed by atoms with Gasteiger partial charge in [-0.15, -0.1) is 0 Å². The fourth-order valence-electron chi connectivity index (χ4n) is 2.14. The second kappa shape index (κ2) is 5.55. The highest BCUT2D eigenvalue weighted by Crippen LogP contribution is 2.18. The van der Waals surface area contributed by atoms with Crippen LogP contribution in [0.5, 0.6) is 0 Å². The topological polar surface area (TPSA) is 12.0 Å². The van der Waals surface area contributed by atoms with E-state index in [2.05, 4.69) is 36.2 Å². The van der Waals surface area contributed by atoms with Crippen molar-refractivity contribution in [2.45, 2.75) is 31.7 Å². The van der Waals surface area contributed by atoms with Crippen LogP contribution in [0.25, 0.3) is 6.08 Å². The lowest BCUT2D eigenvalue weighted by Gasteiger charge is -2.12. The Morgan fingerprint density at radius 1 is 1.19 bits per heavy atom. The van der Waals surface area contributed by atoms with Gasteiger partial charge in [0.1, 0.15) is 0 Å². The maximum atomic E-state index is 4.04. The molecule has 16 heavy (non-hydrogen) atoms. The highest BCUT2D eigenvalue weighted by Gasteiger charge is 2.13. The zero-order valence-electron chi connectivity index (χ0n) is 9.65. The Labute approximate surface area is 97.9 Å². The first-order valence-electron chi connectivity index (χ1n) is 6.03. The molecule has 0 aliphatic heterocycles. The quantitative estimate of drug-likeness (QED) is 0.751. The molecule has 0 unspecified atom stereocenters. The molecular weight excluding hydrogens is 194 g/mol. The molecule has 1 nitrogen and oxygen atoms in total. The molecule has 1 aliphatic carbocycles. The second-order valence-electron chi connectivity index (χ2n) is 4.39. The van der Waals surface area contributed by atoms with Crippen molar-refractivity contribution in [2.75, 3.05) is 0 Å².